The maximum Gasteiger partial charge on any atom is 0.237 e. The van der Waals surface area contributed by atoms with Crippen LogP contribution in [0, 0.1) is 0 Å². The fourth-order valence-corrected chi connectivity index (χ4v) is 3.07. The molecule has 0 spiro atoms. The molecule has 3 heterocycles. The molecule has 2 fully saturated rings. The van der Waals surface area contributed by atoms with Gasteiger partial charge < -0.3 is 14.8 Å². The van der Waals surface area contributed by atoms with Crippen LogP contribution in [0.3, 0.4) is 0 Å². The maximum atomic E-state index is 12.3. The monoisotopic (exact) mass is 323 g/mol. The highest BCUT2D eigenvalue weighted by atomic mass is 16.5. The first-order chi connectivity index (χ1) is 11.2. The number of nitrogens with one attached hydrogen (secondary N) is 1. The van der Waals surface area contributed by atoms with Gasteiger partial charge in [0.2, 0.25) is 5.91 Å². The number of hydrogen-bond donors (Lipinski definition) is 1. The van der Waals surface area contributed by atoms with Crippen LogP contribution in [0.2, 0.25) is 0 Å². The molecule has 1 N–H and O–H groups in total. The van der Waals surface area contributed by atoms with Crippen LogP contribution in [0.4, 0.5) is 0 Å². The molecule has 0 bridgehead atoms. The Kier molecular flexibility index (Phi) is 5.58. The number of ether oxygens (including phenoxy) is 2. The Hall–Kier alpha value is -1.51. The lowest BCUT2D eigenvalue weighted by atomic mass is 10.2. The third-order valence-corrected chi connectivity index (χ3v) is 4.48. The number of carbonyl (C=O) groups is 1. The van der Waals surface area contributed by atoms with Gasteiger partial charge >= 0.3 is 0 Å². The normalized spacial score (nSPS) is 27.0. The van der Waals surface area contributed by atoms with E-state index in [-0.39, 0.29) is 24.2 Å². The average molecular weight is 323 g/mol. The fourth-order valence-electron chi connectivity index (χ4n) is 3.07. The number of aromatic nitrogens is 3. The summed E-state index contributed by atoms with van der Waals surface area (Å²) in [7, 11) is 0. The third kappa shape index (κ3) is 4.49. The van der Waals surface area contributed by atoms with E-state index in [9.17, 15) is 4.79 Å². The molecular formula is C15H25N5O3. The Morgan fingerprint density at radius 3 is 3.00 bits per heavy atom. The molecule has 23 heavy (non-hydrogen) atoms. The first-order valence-electron chi connectivity index (χ1n) is 8.30. The molecule has 128 valence electrons. The molecule has 3 atom stereocenters. The molecule has 1 aromatic heterocycles. The zero-order chi connectivity index (χ0) is 16.1. The lowest BCUT2D eigenvalue weighted by molar-refractivity contribution is -0.130. The predicted octanol–water partition coefficient (Wildman–Crippen LogP) is -0.337. The maximum absolute atomic E-state index is 12.3. The first-order valence-corrected chi connectivity index (χ1v) is 8.30. The quantitative estimate of drug-likeness (QED) is 0.771. The summed E-state index contributed by atoms with van der Waals surface area (Å²) >= 11 is 0. The molecule has 0 radical (unpaired) electrons. The largest absolute Gasteiger partial charge is 0.376 e. The van der Waals surface area contributed by atoms with E-state index < -0.39 is 0 Å². The zero-order valence-electron chi connectivity index (χ0n) is 13.6. The molecule has 2 aliphatic rings. The number of rotatable bonds is 6. The molecule has 2 saturated heterocycles. The standard InChI is InChI=1S/C15H25N5O3/c1-12(15(21)17-7-13-3-2-5-22-13)19-4-6-23-14(8-19)9-20-11-16-10-18-20/h10-14H,2-9H2,1H3,(H,17,21). The lowest BCUT2D eigenvalue weighted by Crippen LogP contribution is -2.53. The predicted molar refractivity (Wildman–Crippen MR) is 82.8 cm³/mol. The van der Waals surface area contributed by atoms with Gasteiger partial charge in [0, 0.05) is 26.2 Å². The van der Waals surface area contributed by atoms with E-state index in [0.717, 1.165) is 26.0 Å². The van der Waals surface area contributed by atoms with Gasteiger partial charge in [0.05, 0.1) is 31.4 Å². The van der Waals surface area contributed by atoms with Crippen molar-refractivity contribution in [2.24, 2.45) is 0 Å². The van der Waals surface area contributed by atoms with Crippen molar-refractivity contribution in [1.82, 2.24) is 25.0 Å². The molecular weight excluding hydrogens is 298 g/mol. The highest BCUT2D eigenvalue weighted by molar-refractivity contribution is 5.81. The van der Waals surface area contributed by atoms with Crippen molar-refractivity contribution < 1.29 is 14.3 Å². The van der Waals surface area contributed by atoms with Gasteiger partial charge in [-0.15, -0.1) is 0 Å². The topological polar surface area (TPSA) is 81.5 Å². The van der Waals surface area contributed by atoms with Crippen molar-refractivity contribution in [3.8, 4) is 0 Å². The number of hydrogen-bond acceptors (Lipinski definition) is 6. The Morgan fingerprint density at radius 2 is 2.26 bits per heavy atom. The molecule has 3 unspecified atom stereocenters. The van der Waals surface area contributed by atoms with Gasteiger partial charge in [-0.3, -0.25) is 14.4 Å². The van der Waals surface area contributed by atoms with Crippen molar-refractivity contribution in [1.29, 1.82) is 0 Å². The number of carbonyl (C=O) groups excluding carboxylic acids is 1. The van der Waals surface area contributed by atoms with Crippen molar-refractivity contribution in [2.75, 3.05) is 32.8 Å². The number of morpholine rings is 1. The molecule has 0 aromatic carbocycles. The first kappa shape index (κ1) is 16.4. The zero-order valence-corrected chi connectivity index (χ0v) is 13.6. The smallest absolute Gasteiger partial charge is 0.237 e. The summed E-state index contributed by atoms with van der Waals surface area (Å²) < 4.78 is 13.1. The fraction of sp³-hybridized carbons (Fsp3) is 0.800. The van der Waals surface area contributed by atoms with Crippen LogP contribution in [-0.2, 0) is 20.8 Å². The van der Waals surface area contributed by atoms with Gasteiger partial charge in [-0.05, 0) is 19.8 Å². The van der Waals surface area contributed by atoms with E-state index >= 15 is 0 Å². The Balaban J connectivity index is 1.45. The second kappa shape index (κ2) is 7.85. The number of amides is 1. The highest BCUT2D eigenvalue weighted by Gasteiger charge is 2.28. The average Bonchev–Trinajstić information content (AvgIpc) is 3.25. The molecule has 2 aliphatic heterocycles. The van der Waals surface area contributed by atoms with Gasteiger partial charge in [0.25, 0.3) is 0 Å². The summed E-state index contributed by atoms with van der Waals surface area (Å²) in [5.74, 6) is 0.0573. The summed E-state index contributed by atoms with van der Waals surface area (Å²) in [4.78, 5) is 18.4. The van der Waals surface area contributed by atoms with Crippen molar-refractivity contribution in [2.45, 2.75) is 44.6 Å². The Bertz CT molecular complexity index is 489. The van der Waals surface area contributed by atoms with E-state index in [2.05, 4.69) is 20.3 Å². The SMILES string of the molecule is CC(C(=O)NCC1CCCO1)N1CCOC(Cn2cncn2)C1. The van der Waals surface area contributed by atoms with Gasteiger partial charge in [-0.25, -0.2) is 4.98 Å². The molecule has 0 saturated carbocycles. The van der Waals surface area contributed by atoms with E-state index in [1.165, 1.54) is 6.33 Å². The van der Waals surface area contributed by atoms with E-state index in [1.54, 1.807) is 11.0 Å². The minimum atomic E-state index is -0.168. The van der Waals surface area contributed by atoms with Crippen molar-refractivity contribution in [3.63, 3.8) is 0 Å². The summed E-state index contributed by atoms with van der Waals surface area (Å²) in [5.41, 5.74) is 0. The third-order valence-electron chi connectivity index (χ3n) is 4.48. The van der Waals surface area contributed by atoms with Crippen LogP contribution in [0.1, 0.15) is 19.8 Å². The van der Waals surface area contributed by atoms with E-state index in [4.69, 9.17) is 9.47 Å². The molecule has 8 nitrogen and oxygen atoms in total. The summed E-state index contributed by atoms with van der Waals surface area (Å²) in [6.45, 7) is 6.13. The van der Waals surface area contributed by atoms with Crippen LogP contribution in [0.5, 0.6) is 0 Å². The summed E-state index contributed by atoms with van der Waals surface area (Å²) in [6.07, 6.45) is 5.52. The summed E-state index contributed by atoms with van der Waals surface area (Å²) in [6, 6.07) is -0.168. The van der Waals surface area contributed by atoms with Crippen LogP contribution in [0.25, 0.3) is 0 Å². The van der Waals surface area contributed by atoms with E-state index in [1.807, 2.05) is 6.92 Å². The van der Waals surface area contributed by atoms with Gasteiger partial charge in [0.1, 0.15) is 12.7 Å². The van der Waals surface area contributed by atoms with Gasteiger partial charge in [-0.2, -0.15) is 5.10 Å². The van der Waals surface area contributed by atoms with Crippen LogP contribution >= 0.6 is 0 Å². The summed E-state index contributed by atoms with van der Waals surface area (Å²) in [5, 5.41) is 7.11. The minimum Gasteiger partial charge on any atom is -0.376 e. The number of nitrogens with zero attached hydrogens (tertiary/aromatic N) is 4. The van der Waals surface area contributed by atoms with Crippen molar-refractivity contribution >= 4 is 5.91 Å². The minimum absolute atomic E-state index is 0.0267. The molecule has 0 aliphatic carbocycles. The molecule has 3 rings (SSSR count). The van der Waals surface area contributed by atoms with Gasteiger partial charge in [0.15, 0.2) is 0 Å². The van der Waals surface area contributed by atoms with Crippen molar-refractivity contribution in [3.05, 3.63) is 12.7 Å². The second-order valence-electron chi connectivity index (χ2n) is 6.16. The van der Waals surface area contributed by atoms with Crippen LogP contribution in [-0.4, -0.2) is 76.7 Å². The Morgan fingerprint density at radius 1 is 1.39 bits per heavy atom. The molecule has 1 aromatic rings. The molecule has 1 amide bonds. The van der Waals surface area contributed by atoms with Crippen LogP contribution in [0.15, 0.2) is 12.7 Å². The Labute approximate surface area is 136 Å². The lowest BCUT2D eigenvalue weighted by Gasteiger charge is -2.36. The van der Waals surface area contributed by atoms with Gasteiger partial charge in [-0.1, -0.05) is 0 Å². The second-order valence-corrected chi connectivity index (χ2v) is 6.16. The molecule has 8 heteroatoms. The van der Waals surface area contributed by atoms with E-state index in [0.29, 0.717) is 26.2 Å². The van der Waals surface area contributed by atoms with Crippen LogP contribution < -0.4 is 5.32 Å². The highest BCUT2D eigenvalue weighted by Crippen LogP contribution is 2.12.